The van der Waals surface area contributed by atoms with Crippen molar-refractivity contribution >= 4 is 56.0 Å². The minimum atomic E-state index is -0.512. The van der Waals surface area contributed by atoms with Crippen LogP contribution >= 0.6 is 38.9 Å². The Labute approximate surface area is 174 Å². The smallest absolute Gasteiger partial charge is 0.268 e. The lowest BCUT2D eigenvalue weighted by Crippen LogP contribution is -2.13. The Kier molecular flexibility index (Phi) is 6.40. The van der Waals surface area contributed by atoms with Crippen molar-refractivity contribution in [3.05, 3.63) is 85.8 Å². The minimum absolute atomic E-state index is 0.0345. The van der Waals surface area contributed by atoms with Crippen LogP contribution in [-0.4, -0.2) is 10.9 Å². The molecule has 134 valence electrons. The molecule has 4 nitrogen and oxygen atoms in total. The maximum atomic E-state index is 12.4. The normalized spacial score (nSPS) is 11.1. The third kappa shape index (κ3) is 5.27. The molecular formula is C20H13BrClN3OS. The molecule has 0 aliphatic heterocycles. The van der Waals surface area contributed by atoms with Crippen LogP contribution in [0.5, 0.6) is 0 Å². The predicted octanol–water partition coefficient (Wildman–Crippen LogP) is 5.70. The van der Waals surface area contributed by atoms with Crippen LogP contribution in [0, 0.1) is 11.3 Å². The van der Waals surface area contributed by atoms with E-state index in [1.807, 2.05) is 30.3 Å². The third-order valence-electron chi connectivity index (χ3n) is 3.64. The zero-order valence-corrected chi connectivity index (χ0v) is 17.1. The highest BCUT2D eigenvalue weighted by atomic mass is 79.9. The molecule has 2 aromatic carbocycles. The van der Waals surface area contributed by atoms with Crippen molar-refractivity contribution < 1.29 is 4.79 Å². The summed E-state index contributed by atoms with van der Waals surface area (Å²) in [7, 11) is 0. The fourth-order valence-electron chi connectivity index (χ4n) is 2.31. The van der Waals surface area contributed by atoms with Gasteiger partial charge in [-0.3, -0.25) is 10.1 Å². The summed E-state index contributed by atoms with van der Waals surface area (Å²) < 4.78 is 1.03. The molecule has 1 aromatic heterocycles. The molecule has 1 N–H and O–H groups in total. The van der Waals surface area contributed by atoms with Crippen molar-refractivity contribution in [2.24, 2.45) is 0 Å². The van der Waals surface area contributed by atoms with Crippen molar-refractivity contribution in [2.75, 3.05) is 5.32 Å². The van der Waals surface area contributed by atoms with Gasteiger partial charge in [0, 0.05) is 27.0 Å². The Balaban J connectivity index is 1.70. The summed E-state index contributed by atoms with van der Waals surface area (Å²) >= 11 is 10.9. The van der Waals surface area contributed by atoms with E-state index in [-0.39, 0.29) is 5.57 Å². The number of rotatable bonds is 5. The van der Waals surface area contributed by atoms with E-state index in [4.69, 9.17) is 11.6 Å². The minimum Gasteiger partial charge on any atom is -0.297 e. The Hall–Kier alpha value is -2.46. The second-order valence-corrected chi connectivity index (χ2v) is 8.02. The Morgan fingerprint density at radius 2 is 2.00 bits per heavy atom. The predicted molar refractivity (Wildman–Crippen MR) is 113 cm³/mol. The summed E-state index contributed by atoms with van der Waals surface area (Å²) in [5, 5.41) is 12.9. The highest BCUT2D eigenvalue weighted by Gasteiger charge is 2.13. The fourth-order valence-corrected chi connectivity index (χ4v) is 3.61. The maximum absolute atomic E-state index is 12.4. The number of nitriles is 1. The molecule has 0 saturated carbocycles. The van der Waals surface area contributed by atoms with Crippen molar-refractivity contribution in [2.45, 2.75) is 6.42 Å². The lowest BCUT2D eigenvalue weighted by Gasteiger charge is -2.01. The van der Waals surface area contributed by atoms with Gasteiger partial charge in [-0.15, -0.1) is 11.3 Å². The Bertz CT molecular complexity index is 1040. The van der Waals surface area contributed by atoms with Gasteiger partial charge < -0.3 is 0 Å². The van der Waals surface area contributed by atoms with Crippen molar-refractivity contribution in [1.29, 1.82) is 5.26 Å². The lowest BCUT2D eigenvalue weighted by atomic mass is 10.1. The molecular weight excluding hydrogens is 446 g/mol. The van der Waals surface area contributed by atoms with Gasteiger partial charge in [-0.05, 0) is 35.4 Å². The van der Waals surface area contributed by atoms with Gasteiger partial charge in [0.05, 0.1) is 0 Å². The zero-order chi connectivity index (χ0) is 19.2. The van der Waals surface area contributed by atoms with E-state index in [1.54, 1.807) is 30.5 Å². The van der Waals surface area contributed by atoms with Crippen LogP contribution in [0.1, 0.15) is 16.0 Å². The molecule has 3 aromatic rings. The summed E-state index contributed by atoms with van der Waals surface area (Å²) in [5.41, 5.74) is 1.73. The summed E-state index contributed by atoms with van der Waals surface area (Å²) in [4.78, 5) is 17.6. The molecule has 3 rings (SSSR count). The van der Waals surface area contributed by atoms with Crippen LogP contribution in [0.15, 0.2) is 64.8 Å². The first-order chi connectivity index (χ1) is 13.0. The monoisotopic (exact) mass is 457 g/mol. The van der Waals surface area contributed by atoms with Gasteiger partial charge in [0.2, 0.25) is 0 Å². The van der Waals surface area contributed by atoms with E-state index < -0.39 is 5.91 Å². The molecule has 1 heterocycles. The SMILES string of the molecule is N#C/C(=C\c1ccccc1Cl)C(=O)Nc1ncc(Cc2ccc(Br)cc2)s1. The van der Waals surface area contributed by atoms with Gasteiger partial charge >= 0.3 is 0 Å². The molecule has 0 aliphatic rings. The number of anilines is 1. The average Bonchev–Trinajstić information content (AvgIpc) is 3.09. The van der Waals surface area contributed by atoms with Crippen molar-refractivity contribution in [3.63, 3.8) is 0 Å². The van der Waals surface area contributed by atoms with Gasteiger partial charge in [-0.2, -0.15) is 5.26 Å². The molecule has 0 fully saturated rings. The molecule has 1 amide bonds. The van der Waals surface area contributed by atoms with Crippen LogP contribution < -0.4 is 5.32 Å². The maximum Gasteiger partial charge on any atom is 0.268 e. The molecule has 0 saturated heterocycles. The number of nitrogens with zero attached hydrogens (tertiary/aromatic N) is 2. The first kappa shape index (κ1) is 19.3. The number of carbonyl (C=O) groups excluding carboxylic acids is 1. The standard InChI is InChI=1S/C20H13BrClN3OS/c21-16-7-5-13(6-8-16)9-17-12-24-20(27-17)25-19(26)15(11-23)10-14-3-1-2-4-18(14)22/h1-8,10,12H,9H2,(H,24,25,26)/b15-10+. The second-order valence-electron chi connectivity index (χ2n) is 5.58. The fraction of sp³-hybridized carbons (Fsp3) is 0.0500. The second kappa shape index (κ2) is 8.96. The summed E-state index contributed by atoms with van der Waals surface area (Å²) in [6.07, 6.45) is 3.92. The highest BCUT2D eigenvalue weighted by Crippen LogP contribution is 2.23. The van der Waals surface area contributed by atoms with Crippen molar-refractivity contribution in [1.82, 2.24) is 4.98 Å². The molecule has 0 spiro atoms. The summed E-state index contributed by atoms with van der Waals surface area (Å²) in [6, 6.07) is 17.0. The van der Waals surface area contributed by atoms with Gasteiger partial charge in [0.15, 0.2) is 5.13 Å². The van der Waals surface area contributed by atoms with Crippen LogP contribution in [-0.2, 0) is 11.2 Å². The Morgan fingerprint density at radius 3 is 2.70 bits per heavy atom. The number of amides is 1. The van der Waals surface area contributed by atoms with Crippen LogP contribution in [0.3, 0.4) is 0 Å². The third-order valence-corrected chi connectivity index (χ3v) is 5.42. The molecule has 0 unspecified atom stereocenters. The van der Waals surface area contributed by atoms with Gasteiger partial charge in [-0.1, -0.05) is 57.9 Å². The lowest BCUT2D eigenvalue weighted by molar-refractivity contribution is -0.112. The van der Waals surface area contributed by atoms with E-state index in [1.165, 1.54) is 17.4 Å². The van der Waals surface area contributed by atoms with Gasteiger partial charge in [-0.25, -0.2) is 4.98 Å². The first-order valence-electron chi connectivity index (χ1n) is 7.92. The van der Waals surface area contributed by atoms with Crippen molar-refractivity contribution in [3.8, 4) is 6.07 Å². The number of thiazole rings is 1. The van der Waals surface area contributed by atoms with E-state index in [0.717, 1.165) is 21.3 Å². The van der Waals surface area contributed by atoms with E-state index in [0.29, 0.717) is 15.7 Å². The van der Waals surface area contributed by atoms with Gasteiger partial charge in [0.1, 0.15) is 11.6 Å². The van der Waals surface area contributed by atoms with Crippen LogP contribution in [0.2, 0.25) is 5.02 Å². The van der Waals surface area contributed by atoms with E-state index >= 15 is 0 Å². The summed E-state index contributed by atoms with van der Waals surface area (Å²) in [6.45, 7) is 0. The number of hydrogen-bond acceptors (Lipinski definition) is 4. The number of carbonyl (C=O) groups is 1. The largest absolute Gasteiger partial charge is 0.297 e. The Morgan fingerprint density at radius 1 is 1.26 bits per heavy atom. The highest BCUT2D eigenvalue weighted by molar-refractivity contribution is 9.10. The summed E-state index contributed by atoms with van der Waals surface area (Å²) in [5.74, 6) is -0.512. The number of hydrogen-bond donors (Lipinski definition) is 1. The molecule has 0 radical (unpaired) electrons. The topological polar surface area (TPSA) is 65.8 Å². The number of aromatic nitrogens is 1. The van der Waals surface area contributed by atoms with Crippen LogP contribution in [0.25, 0.3) is 6.08 Å². The molecule has 0 atom stereocenters. The molecule has 0 bridgehead atoms. The molecule has 7 heteroatoms. The quantitative estimate of drug-likeness (QED) is 0.394. The number of nitrogens with one attached hydrogen (secondary N) is 1. The van der Waals surface area contributed by atoms with E-state index in [9.17, 15) is 10.1 Å². The number of benzene rings is 2. The number of halogens is 2. The first-order valence-corrected chi connectivity index (χ1v) is 9.91. The molecule has 27 heavy (non-hydrogen) atoms. The zero-order valence-electron chi connectivity index (χ0n) is 13.9. The average molecular weight is 459 g/mol. The molecule has 0 aliphatic carbocycles. The van der Waals surface area contributed by atoms with Crippen LogP contribution in [0.4, 0.5) is 5.13 Å². The van der Waals surface area contributed by atoms with Gasteiger partial charge in [0.25, 0.3) is 5.91 Å². The van der Waals surface area contributed by atoms with E-state index in [2.05, 4.69) is 26.2 Å².